The maximum atomic E-state index is 13.9. The number of hydrogen-bond acceptors (Lipinski definition) is 10. The van der Waals surface area contributed by atoms with E-state index in [4.69, 9.17) is 4.74 Å². The van der Waals surface area contributed by atoms with E-state index in [1.165, 1.54) is 44.9 Å². The highest BCUT2D eigenvalue weighted by molar-refractivity contribution is 8.00. The summed E-state index contributed by atoms with van der Waals surface area (Å²) in [5.41, 5.74) is 3.52. The molecule has 1 atom stereocenters. The zero-order valence-corrected chi connectivity index (χ0v) is 26.5. The number of amides is 1. The van der Waals surface area contributed by atoms with Crippen LogP contribution in [-0.4, -0.2) is 38.6 Å². The molecule has 2 aromatic heterocycles. The van der Waals surface area contributed by atoms with Crippen molar-refractivity contribution in [2.45, 2.75) is 57.2 Å². The first kappa shape index (κ1) is 29.9. The van der Waals surface area contributed by atoms with Crippen LogP contribution in [0.5, 0.6) is 5.75 Å². The normalized spacial score (nSPS) is 15.2. The van der Waals surface area contributed by atoms with Gasteiger partial charge in [0.15, 0.2) is 10.1 Å². The maximum Gasteiger partial charge on any atom is 0.296 e. The maximum absolute atomic E-state index is 13.9. The number of ether oxygens (including phenoxy) is 1. The van der Waals surface area contributed by atoms with Crippen LogP contribution in [0.2, 0.25) is 0 Å². The van der Waals surface area contributed by atoms with E-state index in [0.717, 1.165) is 17.0 Å². The average Bonchev–Trinajstić information content (AvgIpc) is 3.63. The molecular formula is C31H32N4O4S3. The summed E-state index contributed by atoms with van der Waals surface area (Å²) in [6, 6.07) is 14.7. The van der Waals surface area contributed by atoms with Crippen LogP contribution >= 0.6 is 34.4 Å². The number of hydrogen-bond donors (Lipinski definition) is 1. The molecule has 0 saturated heterocycles. The van der Waals surface area contributed by atoms with Crippen molar-refractivity contribution < 1.29 is 19.4 Å². The molecule has 1 aliphatic rings. The number of aliphatic hydroxyl groups is 1. The summed E-state index contributed by atoms with van der Waals surface area (Å²) >= 11 is 4.01. The molecule has 218 valence electrons. The second-order valence-electron chi connectivity index (χ2n) is 10.5. The van der Waals surface area contributed by atoms with Crippen LogP contribution in [-0.2, 0) is 10.5 Å². The van der Waals surface area contributed by atoms with Gasteiger partial charge < -0.3 is 9.84 Å². The molecule has 0 spiro atoms. The lowest BCUT2D eigenvalue weighted by Crippen LogP contribution is -2.31. The molecule has 0 radical (unpaired) electrons. The largest absolute Gasteiger partial charge is 0.503 e. The predicted octanol–water partition coefficient (Wildman–Crippen LogP) is 7.42. The zero-order valence-electron chi connectivity index (χ0n) is 24.1. The van der Waals surface area contributed by atoms with Crippen molar-refractivity contribution in [3.63, 3.8) is 0 Å². The van der Waals surface area contributed by atoms with E-state index in [2.05, 4.69) is 53.3 Å². The fourth-order valence-corrected chi connectivity index (χ4v) is 7.29. The van der Waals surface area contributed by atoms with Crippen LogP contribution in [0.1, 0.15) is 63.4 Å². The summed E-state index contributed by atoms with van der Waals surface area (Å²) < 4.78 is 6.67. The number of anilines is 1. The van der Waals surface area contributed by atoms with E-state index in [-0.39, 0.29) is 5.57 Å². The third-order valence-corrected chi connectivity index (χ3v) is 9.98. The Kier molecular flexibility index (Phi) is 9.10. The van der Waals surface area contributed by atoms with Crippen LogP contribution < -0.4 is 9.64 Å². The lowest BCUT2D eigenvalue weighted by atomic mass is 9.95. The first-order chi connectivity index (χ1) is 20.1. The minimum Gasteiger partial charge on any atom is -0.503 e. The minimum absolute atomic E-state index is 0.00450. The summed E-state index contributed by atoms with van der Waals surface area (Å²) in [6.07, 6.45) is 0.889. The van der Waals surface area contributed by atoms with Crippen molar-refractivity contribution in [2.75, 3.05) is 11.5 Å². The van der Waals surface area contributed by atoms with Crippen LogP contribution in [0, 0.1) is 26.7 Å². The Balaban J connectivity index is 1.49. The summed E-state index contributed by atoms with van der Waals surface area (Å²) in [6.45, 7) is 10.4. The van der Waals surface area contributed by atoms with E-state index >= 15 is 0 Å². The summed E-state index contributed by atoms with van der Waals surface area (Å²) in [7, 11) is 0. The number of ketones is 1. The number of Topliss-reactive ketones (excluding diaryl/α,β-unsaturated/α-hetero) is 1. The lowest BCUT2D eigenvalue weighted by molar-refractivity contribution is -0.117. The second-order valence-corrected chi connectivity index (χ2v) is 13.9. The highest BCUT2D eigenvalue weighted by atomic mass is 32.2. The number of aryl methyl sites for hydroxylation is 3. The Hall–Kier alpha value is -3.54. The third kappa shape index (κ3) is 6.43. The molecule has 3 heterocycles. The standard InChI is InChI=1S/C31H32N4O4S3/c1-17(2)13-14-39-23-8-6-7-22(15-23)25-24(26(36)28-19(4)32-20(5)41-28)27(37)29(38)35(25)30-33-34-31(42-30)40-16-21-11-9-18(3)10-12-21/h6-12,15,17,25,37H,13-14,16H2,1-5H3. The smallest absolute Gasteiger partial charge is 0.296 e. The highest BCUT2D eigenvalue weighted by Gasteiger charge is 2.46. The van der Waals surface area contributed by atoms with Gasteiger partial charge in [-0.3, -0.25) is 14.5 Å². The van der Waals surface area contributed by atoms with Crippen LogP contribution in [0.15, 0.2) is 64.2 Å². The number of carbonyl (C=O) groups excluding carboxylic acids is 2. The van der Waals surface area contributed by atoms with Crippen molar-refractivity contribution in [3.8, 4) is 5.75 Å². The first-order valence-corrected chi connectivity index (χ1v) is 16.2. The third-order valence-electron chi connectivity index (χ3n) is 6.79. The van der Waals surface area contributed by atoms with Gasteiger partial charge in [0.25, 0.3) is 5.91 Å². The number of thiazole rings is 1. The Labute approximate surface area is 257 Å². The molecule has 8 nitrogen and oxygen atoms in total. The van der Waals surface area contributed by atoms with Crippen LogP contribution in [0.4, 0.5) is 5.13 Å². The summed E-state index contributed by atoms with van der Waals surface area (Å²) in [4.78, 5) is 33.7. The molecule has 0 aliphatic carbocycles. The van der Waals surface area contributed by atoms with E-state index < -0.39 is 23.5 Å². The minimum atomic E-state index is -0.914. The van der Waals surface area contributed by atoms with Gasteiger partial charge in [-0.25, -0.2) is 4.98 Å². The predicted molar refractivity (Wildman–Crippen MR) is 168 cm³/mol. The highest BCUT2D eigenvalue weighted by Crippen LogP contribution is 2.45. The fourth-order valence-electron chi connectivity index (χ4n) is 4.59. The van der Waals surface area contributed by atoms with E-state index in [1.807, 2.05) is 38.1 Å². The SMILES string of the molecule is Cc1ccc(CSc2nnc(N3C(=O)C(O)=C(C(=O)c4sc(C)nc4C)C3c3cccc(OCCC(C)C)c3)s2)cc1. The van der Waals surface area contributed by atoms with Gasteiger partial charge in [-0.1, -0.05) is 78.9 Å². The molecule has 11 heteroatoms. The number of benzene rings is 2. The molecule has 4 aromatic rings. The molecule has 1 aliphatic heterocycles. The van der Waals surface area contributed by atoms with Crippen molar-refractivity contribution >= 4 is 51.3 Å². The lowest BCUT2D eigenvalue weighted by Gasteiger charge is -2.24. The van der Waals surface area contributed by atoms with E-state index in [9.17, 15) is 14.7 Å². The molecule has 0 bridgehead atoms. The number of aromatic nitrogens is 3. The molecule has 1 N–H and O–H groups in total. The molecule has 2 aromatic carbocycles. The topological polar surface area (TPSA) is 106 Å². The zero-order chi connectivity index (χ0) is 30.0. The summed E-state index contributed by atoms with van der Waals surface area (Å²) in [5.74, 6) is 0.0857. The molecule has 1 amide bonds. The van der Waals surface area contributed by atoms with Gasteiger partial charge in [0, 0.05) is 5.75 Å². The molecular weight excluding hydrogens is 589 g/mol. The summed E-state index contributed by atoms with van der Waals surface area (Å²) in [5, 5.41) is 20.9. The quantitative estimate of drug-likeness (QED) is 0.105. The van der Waals surface area contributed by atoms with Gasteiger partial charge in [-0.15, -0.1) is 21.5 Å². The Morgan fingerprint density at radius 3 is 2.55 bits per heavy atom. The molecule has 42 heavy (non-hydrogen) atoms. The second kappa shape index (κ2) is 12.8. The van der Waals surface area contributed by atoms with Gasteiger partial charge in [-0.2, -0.15) is 0 Å². The molecule has 0 fully saturated rings. The Morgan fingerprint density at radius 2 is 1.86 bits per heavy atom. The number of aliphatic hydroxyl groups excluding tert-OH is 1. The van der Waals surface area contributed by atoms with E-state index in [1.54, 1.807) is 6.92 Å². The van der Waals surface area contributed by atoms with Gasteiger partial charge in [-0.05, 0) is 56.4 Å². The van der Waals surface area contributed by atoms with Crippen LogP contribution in [0.25, 0.3) is 0 Å². The Bertz CT molecular complexity index is 1640. The average molecular weight is 621 g/mol. The number of rotatable bonds is 11. The first-order valence-electron chi connectivity index (χ1n) is 13.6. The van der Waals surface area contributed by atoms with E-state index in [0.29, 0.717) is 49.6 Å². The van der Waals surface area contributed by atoms with Gasteiger partial charge in [0.05, 0.1) is 33.8 Å². The van der Waals surface area contributed by atoms with Crippen molar-refractivity contribution in [3.05, 3.63) is 92.1 Å². The molecule has 0 saturated carbocycles. The monoisotopic (exact) mass is 620 g/mol. The Morgan fingerprint density at radius 1 is 1.10 bits per heavy atom. The van der Waals surface area contributed by atoms with Crippen LogP contribution in [0.3, 0.4) is 0 Å². The van der Waals surface area contributed by atoms with Gasteiger partial charge in [0.1, 0.15) is 5.75 Å². The van der Waals surface area contributed by atoms with Crippen molar-refractivity contribution in [2.24, 2.45) is 5.92 Å². The molecule has 5 rings (SSSR count). The van der Waals surface area contributed by atoms with Gasteiger partial charge >= 0.3 is 0 Å². The van der Waals surface area contributed by atoms with Crippen molar-refractivity contribution in [1.82, 2.24) is 15.2 Å². The molecule has 1 unspecified atom stereocenters. The number of carbonyl (C=O) groups is 2. The van der Waals surface area contributed by atoms with Gasteiger partial charge in [0.2, 0.25) is 10.9 Å². The number of nitrogens with zero attached hydrogens (tertiary/aromatic N) is 4. The number of thioether (sulfide) groups is 1. The fraction of sp³-hybridized carbons (Fsp3) is 0.323. The van der Waals surface area contributed by atoms with Crippen molar-refractivity contribution in [1.29, 1.82) is 0 Å².